The van der Waals surface area contributed by atoms with Crippen LogP contribution in [0.15, 0.2) is 97.2 Å². The van der Waals surface area contributed by atoms with Crippen LogP contribution >= 0.6 is 7.82 Å². The number of allylic oxidation sites excluding steroid dienone is 15. The minimum Gasteiger partial charge on any atom is -0.756 e. The Morgan fingerprint density at radius 1 is 0.467 bits per heavy atom. The molecule has 0 aromatic rings. The van der Waals surface area contributed by atoms with Crippen molar-refractivity contribution >= 4 is 19.7 Å². The Labute approximate surface area is 462 Å². The molecule has 3 unspecified atom stereocenters. The number of esters is 1. The molecule has 0 radical (unpaired) electrons. The number of phosphoric acid groups is 1. The maximum Gasteiger partial charge on any atom is 0.306 e. The number of ether oxygens (including phenoxy) is 1. The standard InChI is InChI=1S/C65H115N2O7P/c1-7-10-13-16-19-22-25-27-29-31-32-33-34-36-38-40-43-46-49-52-55-58-65(69)74-63(56-53-50-47-44-41-24-21-18-15-12-9-3)62(61-73-75(70,71)72-60-59-67(4,5)6)66-64(68)57-54-51-48-45-42-39-37-35-30-28-26-23-20-17-14-11-8-2/h19-20,22-23,27-30,32-33,36-39,53,56,62-63H,7-18,21,24-26,31,34-35,40-52,54-55,57-61H2,1-6H3,(H-,66,68,70,71)/b22-19-,23-20-,29-27-,30-28-,33-32-,38-36-,39-37-,56-53+. The van der Waals surface area contributed by atoms with E-state index in [-0.39, 0.29) is 31.3 Å². The fourth-order valence-electron chi connectivity index (χ4n) is 8.22. The number of carbonyl (C=O) groups is 2. The molecule has 0 bridgehead atoms. The van der Waals surface area contributed by atoms with Crippen LogP contribution < -0.4 is 10.2 Å². The number of hydrogen-bond donors (Lipinski definition) is 1. The van der Waals surface area contributed by atoms with Crippen molar-refractivity contribution in [3.8, 4) is 0 Å². The van der Waals surface area contributed by atoms with Crippen molar-refractivity contribution in [1.82, 2.24) is 5.32 Å². The quantitative estimate of drug-likeness (QED) is 0.0212. The van der Waals surface area contributed by atoms with E-state index in [1.54, 1.807) is 0 Å². The number of carbonyl (C=O) groups excluding carboxylic acids is 2. The molecule has 0 aromatic carbocycles. The van der Waals surface area contributed by atoms with Gasteiger partial charge < -0.3 is 28.5 Å². The van der Waals surface area contributed by atoms with Gasteiger partial charge in [0, 0.05) is 12.8 Å². The highest BCUT2D eigenvalue weighted by molar-refractivity contribution is 7.45. The summed E-state index contributed by atoms with van der Waals surface area (Å²) in [5.74, 6) is -0.592. The van der Waals surface area contributed by atoms with E-state index in [4.69, 9.17) is 13.8 Å². The van der Waals surface area contributed by atoms with E-state index in [0.717, 1.165) is 109 Å². The van der Waals surface area contributed by atoms with E-state index in [1.807, 2.05) is 33.3 Å². The molecule has 0 heterocycles. The van der Waals surface area contributed by atoms with Crippen LogP contribution in [-0.4, -0.2) is 69.4 Å². The molecule has 1 amide bonds. The van der Waals surface area contributed by atoms with Gasteiger partial charge in [0.05, 0.1) is 33.8 Å². The van der Waals surface area contributed by atoms with Crippen molar-refractivity contribution in [3.63, 3.8) is 0 Å². The van der Waals surface area contributed by atoms with Crippen molar-refractivity contribution in [3.05, 3.63) is 97.2 Å². The maximum absolute atomic E-state index is 13.5. The van der Waals surface area contributed by atoms with Gasteiger partial charge >= 0.3 is 5.97 Å². The maximum atomic E-state index is 13.5. The molecular formula is C65H115N2O7P. The first-order chi connectivity index (χ1) is 36.4. The van der Waals surface area contributed by atoms with Gasteiger partial charge in [-0.2, -0.15) is 0 Å². The molecule has 3 atom stereocenters. The van der Waals surface area contributed by atoms with Crippen LogP contribution in [0, 0.1) is 0 Å². The van der Waals surface area contributed by atoms with Crippen molar-refractivity contribution in [2.45, 2.75) is 264 Å². The summed E-state index contributed by atoms with van der Waals surface area (Å²) < 4.78 is 30.2. The van der Waals surface area contributed by atoms with Crippen LogP contribution in [0.5, 0.6) is 0 Å². The predicted octanol–water partition coefficient (Wildman–Crippen LogP) is 18.1. The average molecular weight is 1070 g/mol. The Kier molecular flexibility index (Phi) is 52.1. The van der Waals surface area contributed by atoms with Crippen molar-refractivity contribution in [1.29, 1.82) is 0 Å². The third-order valence-corrected chi connectivity index (χ3v) is 14.0. The topological polar surface area (TPSA) is 114 Å². The molecule has 0 rings (SSSR count). The van der Waals surface area contributed by atoms with Gasteiger partial charge in [0.15, 0.2) is 0 Å². The summed E-state index contributed by atoms with van der Waals surface area (Å²) in [5, 5.41) is 3.00. The van der Waals surface area contributed by atoms with Crippen LogP contribution in [0.25, 0.3) is 0 Å². The number of nitrogens with zero attached hydrogens (tertiary/aromatic N) is 1. The molecule has 1 N–H and O–H groups in total. The van der Waals surface area contributed by atoms with Gasteiger partial charge in [0.25, 0.3) is 7.82 Å². The zero-order valence-electron chi connectivity index (χ0n) is 49.2. The number of likely N-dealkylation sites (N-methyl/N-ethyl adjacent to an activating group) is 1. The molecule has 0 saturated heterocycles. The fourth-order valence-corrected chi connectivity index (χ4v) is 8.94. The summed E-state index contributed by atoms with van der Waals surface area (Å²) in [6.07, 6.45) is 72.3. The molecule has 0 aliphatic heterocycles. The monoisotopic (exact) mass is 1070 g/mol. The molecule has 0 saturated carbocycles. The van der Waals surface area contributed by atoms with E-state index in [9.17, 15) is 19.0 Å². The lowest BCUT2D eigenvalue weighted by Gasteiger charge is -2.30. The third-order valence-electron chi connectivity index (χ3n) is 13.0. The summed E-state index contributed by atoms with van der Waals surface area (Å²) in [7, 11) is 1.15. The highest BCUT2D eigenvalue weighted by Crippen LogP contribution is 2.38. The van der Waals surface area contributed by atoms with E-state index in [2.05, 4.69) is 111 Å². The summed E-state index contributed by atoms with van der Waals surface area (Å²) in [5.41, 5.74) is 0. The number of amides is 1. The van der Waals surface area contributed by atoms with Crippen LogP contribution in [0.2, 0.25) is 0 Å². The predicted molar refractivity (Wildman–Crippen MR) is 321 cm³/mol. The SMILES string of the molecule is CCCCC/C=C\C/C=C\C/C=C\C/C=C\CCCCCCCC(=O)OC(/C=C/CCCCCCCCCCC)C(COP(=O)([O-])OCC[N+](C)(C)C)NC(=O)CCCCCC/C=C\C/C=C\C/C=C\CCCCC. The Morgan fingerprint density at radius 3 is 1.24 bits per heavy atom. The number of rotatable bonds is 54. The molecule has 10 heteroatoms. The minimum absolute atomic E-state index is 0.0349. The highest BCUT2D eigenvalue weighted by Gasteiger charge is 2.27. The Balaban J connectivity index is 5.32. The first kappa shape index (κ1) is 71.9. The lowest BCUT2D eigenvalue weighted by Crippen LogP contribution is -2.47. The number of quaternary nitrogens is 1. The van der Waals surface area contributed by atoms with Gasteiger partial charge in [-0.05, 0) is 115 Å². The highest BCUT2D eigenvalue weighted by atomic mass is 31.2. The van der Waals surface area contributed by atoms with Gasteiger partial charge in [-0.3, -0.25) is 14.2 Å². The van der Waals surface area contributed by atoms with Crippen molar-refractivity contribution in [2.24, 2.45) is 0 Å². The number of hydrogen-bond acceptors (Lipinski definition) is 7. The first-order valence-corrected chi connectivity index (χ1v) is 32.0. The fraction of sp³-hybridized carbons (Fsp3) is 0.723. The molecule has 0 aliphatic rings. The molecular weight excluding hydrogens is 952 g/mol. The third kappa shape index (κ3) is 55.5. The second-order valence-electron chi connectivity index (χ2n) is 21.5. The summed E-state index contributed by atoms with van der Waals surface area (Å²) in [6, 6.07) is -0.913. The summed E-state index contributed by atoms with van der Waals surface area (Å²) in [6.45, 7) is 6.74. The van der Waals surface area contributed by atoms with E-state index in [1.165, 1.54) is 96.3 Å². The van der Waals surface area contributed by atoms with Crippen molar-refractivity contribution < 1.29 is 37.3 Å². The average Bonchev–Trinajstić information content (AvgIpc) is 3.37. The Hall–Kier alpha value is -3.07. The smallest absolute Gasteiger partial charge is 0.306 e. The molecule has 432 valence electrons. The van der Waals surface area contributed by atoms with Gasteiger partial charge in [-0.25, -0.2) is 0 Å². The minimum atomic E-state index is -4.71. The number of unbranched alkanes of at least 4 members (excludes halogenated alkanes) is 24. The zero-order chi connectivity index (χ0) is 55.0. The Morgan fingerprint density at radius 2 is 0.813 bits per heavy atom. The van der Waals surface area contributed by atoms with E-state index < -0.39 is 26.6 Å². The largest absolute Gasteiger partial charge is 0.756 e. The van der Waals surface area contributed by atoms with Crippen LogP contribution in [0.1, 0.15) is 252 Å². The van der Waals surface area contributed by atoms with Crippen LogP contribution in [0.3, 0.4) is 0 Å². The van der Waals surface area contributed by atoms with Gasteiger partial charge in [-0.15, -0.1) is 0 Å². The van der Waals surface area contributed by atoms with E-state index >= 15 is 0 Å². The molecule has 75 heavy (non-hydrogen) atoms. The Bertz CT molecular complexity index is 1610. The van der Waals surface area contributed by atoms with Gasteiger partial charge in [-0.1, -0.05) is 221 Å². The van der Waals surface area contributed by atoms with Crippen molar-refractivity contribution in [2.75, 3.05) is 40.9 Å². The van der Waals surface area contributed by atoms with Crippen LogP contribution in [0.4, 0.5) is 0 Å². The summed E-state index contributed by atoms with van der Waals surface area (Å²) in [4.78, 5) is 39.9. The second kappa shape index (κ2) is 54.3. The first-order valence-electron chi connectivity index (χ1n) is 30.5. The summed E-state index contributed by atoms with van der Waals surface area (Å²) >= 11 is 0. The molecule has 0 fully saturated rings. The van der Waals surface area contributed by atoms with Crippen LogP contribution in [-0.2, 0) is 27.9 Å². The molecule has 0 spiro atoms. The normalized spacial score (nSPS) is 14.4. The molecule has 0 aromatic heterocycles. The number of nitrogens with one attached hydrogen (secondary N) is 1. The van der Waals surface area contributed by atoms with Gasteiger partial charge in [0.2, 0.25) is 5.91 Å². The lowest BCUT2D eigenvalue weighted by atomic mass is 10.1. The lowest BCUT2D eigenvalue weighted by molar-refractivity contribution is -0.870. The van der Waals surface area contributed by atoms with Gasteiger partial charge in [0.1, 0.15) is 19.3 Å². The number of phosphoric ester groups is 1. The van der Waals surface area contributed by atoms with E-state index in [0.29, 0.717) is 23.9 Å². The zero-order valence-corrected chi connectivity index (χ0v) is 50.1. The molecule has 0 aliphatic carbocycles. The second-order valence-corrected chi connectivity index (χ2v) is 22.9. The molecule has 9 nitrogen and oxygen atoms in total.